The van der Waals surface area contributed by atoms with Gasteiger partial charge in [0.05, 0.1) is 31.8 Å². The maximum Gasteiger partial charge on any atom is 0.235 e. The quantitative estimate of drug-likeness (QED) is 0.599. The maximum absolute atomic E-state index is 12.5. The number of likely N-dealkylation sites (tertiary alicyclic amines) is 1. The molecule has 0 aromatic carbocycles. The molecule has 19 heavy (non-hydrogen) atoms. The van der Waals surface area contributed by atoms with Crippen LogP contribution in [0, 0.1) is 5.41 Å². The lowest BCUT2D eigenvalue weighted by Gasteiger charge is -2.24. The first-order valence-electron chi connectivity index (χ1n) is 7.23. The van der Waals surface area contributed by atoms with E-state index in [1.165, 1.54) is 17.7 Å². The molecule has 2 amide bonds. The highest BCUT2D eigenvalue weighted by molar-refractivity contribution is 6.05. The Bertz CT molecular complexity index is 334. The van der Waals surface area contributed by atoms with Gasteiger partial charge in [0.2, 0.25) is 11.8 Å². The van der Waals surface area contributed by atoms with Crippen LogP contribution in [0.4, 0.5) is 0 Å². The fourth-order valence-electron chi connectivity index (χ4n) is 3.20. The van der Waals surface area contributed by atoms with Crippen molar-refractivity contribution in [2.75, 3.05) is 26.4 Å². The van der Waals surface area contributed by atoms with Gasteiger partial charge in [0.25, 0.3) is 0 Å². The number of rotatable bonds is 5. The molecule has 0 bridgehead atoms. The molecule has 0 aromatic heterocycles. The molecule has 2 rings (SSSR count). The van der Waals surface area contributed by atoms with Crippen LogP contribution in [0.1, 0.15) is 44.9 Å². The standard InChI is InChI=1S/C14H23NO4/c16-8-10-19-9-7-15-12(17)11-14(13(15)18)5-3-1-2-4-6-14/h16H,1-11H2. The second kappa shape index (κ2) is 6.48. The summed E-state index contributed by atoms with van der Waals surface area (Å²) in [6.45, 7) is 0.848. The van der Waals surface area contributed by atoms with Crippen molar-refractivity contribution in [3.8, 4) is 0 Å². The number of amides is 2. The highest BCUT2D eigenvalue weighted by atomic mass is 16.5. The first kappa shape index (κ1) is 14.5. The highest BCUT2D eigenvalue weighted by Gasteiger charge is 2.50. The molecule has 1 aliphatic heterocycles. The number of aliphatic hydroxyl groups excluding tert-OH is 1. The van der Waals surface area contributed by atoms with Crippen molar-refractivity contribution in [2.24, 2.45) is 5.41 Å². The summed E-state index contributed by atoms with van der Waals surface area (Å²) in [6.07, 6.45) is 6.52. The van der Waals surface area contributed by atoms with Gasteiger partial charge in [0, 0.05) is 6.42 Å². The van der Waals surface area contributed by atoms with Gasteiger partial charge in [-0.1, -0.05) is 25.7 Å². The number of nitrogens with zero attached hydrogens (tertiary/aromatic N) is 1. The SMILES string of the molecule is O=C1CC2(CCCCCC2)C(=O)N1CCOCCO. The Labute approximate surface area is 113 Å². The second-order valence-electron chi connectivity index (χ2n) is 5.56. The largest absolute Gasteiger partial charge is 0.394 e. The molecule has 1 spiro atoms. The Hall–Kier alpha value is -0.940. The van der Waals surface area contributed by atoms with Crippen LogP contribution in [0.2, 0.25) is 0 Å². The lowest BCUT2D eigenvalue weighted by Crippen LogP contribution is -2.37. The molecule has 2 fully saturated rings. The third-order valence-electron chi connectivity index (χ3n) is 4.25. The molecular formula is C14H23NO4. The van der Waals surface area contributed by atoms with Crippen LogP contribution < -0.4 is 0 Å². The molecule has 0 unspecified atom stereocenters. The number of carbonyl (C=O) groups is 2. The molecule has 5 nitrogen and oxygen atoms in total. The van der Waals surface area contributed by atoms with E-state index in [1.807, 2.05) is 0 Å². The minimum absolute atomic E-state index is 0.00648. The molecule has 0 atom stereocenters. The lowest BCUT2D eigenvalue weighted by molar-refractivity contribution is -0.142. The smallest absolute Gasteiger partial charge is 0.235 e. The van der Waals surface area contributed by atoms with Crippen LogP contribution in [0.3, 0.4) is 0 Å². The third kappa shape index (κ3) is 3.15. The van der Waals surface area contributed by atoms with Crippen molar-refractivity contribution >= 4 is 11.8 Å². The predicted octanol–water partition coefficient (Wildman–Crippen LogP) is 1.09. The first-order valence-corrected chi connectivity index (χ1v) is 7.23. The van der Waals surface area contributed by atoms with E-state index in [4.69, 9.17) is 9.84 Å². The summed E-state index contributed by atoms with van der Waals surface area (Å²) < 4.78 is 5.15. The van der Waals surface area contributed by atoms with Gasteiger partial charge in [-0.3, -0.25) is 14.5 Å². The summed E-state index contributed by atoms with van der Waals surface area (Å²) in [5, 5.41) is 8.62. The Morgan fingerprint density at radius 1 is 1.11 bits per heavy atom. The molecule has 1 saturated heterocycles. The molecule has 108 valence electrons. The van der Waals surface area contributed by atoms with Crippen LogP contribution in [0.5, 0.6) is 0 Å². The second-order valence-corrected chi connectivity index (χ2v) is 5.56. The number of hydrogen-bond donors (Lipinski definition) is 1. The topological polar surface area (TPSA) is 66.8 Å². The highest BCUT2D eigenvalue weighted by Crippen LogP contribution is 2.44. The van der Waals surface area contributed by atoms with Crippen LogP contribution >= 0.6 is 0 Å². The van der Waals surface area contributed by atoms with Gasteiger partial charge in [0.15, 0.2) is 0 Å². The Morgan fingerprint density at radius 3 is 2.42 bits per heavy atom. The molecular weight excluding hydrogens is 246 g/mol. The van der Waals surface area contributed by atoms with Crippen molar-refractivity contribution in [1.82, 2.24) is 4.90 Å². The van der Waals surface area contributed by atoms with E-state index in [2.05, 4.69) is 0 Å². The van der Waals surface area contributed by atoms with Crippen molar-refractivity contribution in [3.05, 3.63) is 0 Å². The number of hydrogen-bond acceptors (Lipinski definition) is 4. The van der Waals surface area contributed by atoms with Crippen LogP contribution in [0.15, 0.2) is 0 Å². The van der Waals surface area contributed by atoms with Crippen molar-refractivity contribution < 1.29 is 19.4 Å². The molecule has 0 radical (unpaired) electrons. The maximum atomic E-state index is 12.5. The normalized spacial score (nSPS) is 23.1. The van der Waals surface area contributed by atoms with Crippen LogP contribution in [0.25, 0.3) is 0 Å². The summed E-state index contributed by atoms with van der Waals surface area (Å²) in [7, 11) is 0. The third-order valence-corrected chi connectivity index (χ3v) is 4.25. The van der Waals surface area contributed by atoms with Gasteiger partial charge in [-0.05, 0) is 12.8 Å². The predicted molar refractivity (Wildman–Crippen MR) is 69.4 cm³/mol. The fraction of sp³-hybridized carbons (Fsp3) is 0.857. The van der Waals surface area contributed by atoms with Gasteiger partial charge < -0.3 is 9.84 Å². The summed E-state index contributed by atoms with van der Waals surface area (Å²) >= 11 is 0. The number of aliphatic hydroxyl groups is 1. The average Bonchev–Trinajstić information content (AvgIpc) is 2.59. The molecule has 5 heteroatoms. The zero-order chi connectivity index (χ0) is 13.7. The Morgan fingerprint density at radius 2 is 1.79 bits per heavy atom. The van der Waals surface area contributed by atoms with Gasteiger partial charge in [-0.25, -0.2) is 0 Å². The van der Waals surface area contributed by atoms with E-state index in [0.29, 0.717) is 19.6 Å². The summed E-state index contributed by atoms with van der Waals surface area (Å²) in [4.78, 5) is 25.9. The van der Waals surface area contributed by atoms with E-state index in [-0.39, 0.29) is 25.0 Å². The summed E-state index contributed by atoms with van der Waals surface area (Å²) in [6, 6.07) is 0. The van der Waals surface area contributed by atoms with Gasteiger partial charge in [0.1, 0.15) is 0 Å². The Kier molecular flexibility index (Phi) is 4.93. The summed E-state index contributed by atoms with van der Waals surface area (Å²) in [5.41, 5.74) is -0.412. The van der Waals surface area contributed by atoms with Crippen LogP contribution in [-0.4, -0.2) is 48.2 Å². The zero-order valence-electron chi connectivity index (χ0n) is 11.4. The van der Waals surface area contributed by atoms with Gasteiger partial charge >= 0.3 is 0 Å². The Balaban J connectivity index is 1.95. The summed E-state index contributed by atoms with van der Waals surface area (Å²) in [5.74, 6) is -0.0495. The monoisotopic (exact) mass is 269 g/mol. The number of ether oxygens (including phenoxy) is 1. The van der Waals surface area contributed by atoms with E-state index in [0.717, 1.165) is 25.7 Å². The molecule has 1 saturated carbocycles. The van der Waals surface area contributed by atoms with Gasteiger partial charge in [-0.15, -0.1) is 0 Å². The van der Waals surface area contributed by atoms with Crippen molar-refractivity contribution in [3.63, 3.8) is 0 Å². The fourth-order valence-corrected chi connectivity index (χ4v) is 3.20. The number of imide groups is 1. The van der Waals surface area contributed by atoms with Crippen molar-refractivity contribution in [2.45, 2.75) is 44.9 Å². The molecule has 1 heterocycles. The van der Waals surface area contributed by atoms with Crippen molar-refractivity contribution in [1.29, 1.82) is 0 Å². The lowest BCUT2D eigenvalue weighted by atomic mass is 9.79. The van der Waals surface area contributed by atoms with E-state index in [9.17, 15) is 9.59 Å². The van der Waals surface area contributed by atoms with Gasteiger partial charge in [-0.2, -0.15) is 0 Å². The number of carbonyl (C=O) groups excluding carboxylic acids is 2. The van der Waals surface area contributed by atoms with E-state index >= 15 is 0 Å². The zero-order valence-corrected chi connectivity index (χ0v) is 11.4. The minimum Gasteiger partial charge on any atom is -0.394 e. The molecule has 1 aliphatic carbocycles. The van der Waals surface area contributed by atoms with E-state index in [1.54, 1.807) is 0 Å². The minimum atomic E-state index is -0.412. The molecule has 0 aromatic rings. The molecule has 1 N–H and O–H groups in total. The molecule has 2 aliphatic rings. The first-order chi connectivity index (χ1) is 9.19. The van der Waals surface area contributed by atoms with E-state index < -0.39 is 5.41 Å². The average molecular weight is 269 g/mol. The van der Waals surface area contributed by atoms with Crippen LogP contribution in [-0.2, 0) is 14.3 Å².